The Morgan fingerprint density at radius 1 is 1.08 bits per heavy atom. The Morgan fingerprint density at radius 3 is 2.42 bits per heavy atom. The van der Waals surface area contributed by atoms with Gasteiger partial charge in [-0.25, -0.2) is 4.79 Å². The third kappa shape index (κ3) is 6.24. The van der Waals surface area contributed by atoms with Gasteiger partial charge in [-0.2, -0.15) is 0 Å². The Labute approximate surface area is 162 Å². The number of benzene rings is 2. The van der Waals surface area contributed by atoms with Crippen molar-refractivity contribution in [2.75, 3.05) is 13.2 Å². The van der Waals surface area contributed by atoms with E-state index in [4.69, 9.17) is 32.7 Å². The van der Waals surface area contributed by atoms with E-state index in [2.05, 4.69) is 5.32 Å². The van der Waals surface area contributed by atoms with E-state index in [1.54, 1.807) is 30.3 Å². The Bertz CT molecular complexity index is 778. The van der Waals surface area contributed by atoms with Gasteiger partial charge < -0.3 is 14.8 Å². The number of carbonyl (C=O) groups is 2. The second-order valence-corrected chi connectivity index (χ2v) is 6.54. The second-order valence-electron chi connectivity index (χ2n) is 5.70. The lowest BCUT2D eigenvalue weighted by molar-refractivity contribution is -0.150. The first-order chi connectivity index (χ1) is 12.3. The fraction of sp³-hybridized carbons (Fsp3) is 0.263. The van der Waals surface area contributed by atoms with Crippen LogP contribution in [0.25, 0.3) is 0 Å². The predicted octanol–water partition coefficient (Wildman–Crippen LogP) is 4.10. The summed E-state index contributed by atoms with van der Waals surface area (Å²) >= 11 is 11.8. The smallest absolute Gasteiger partial charge is 0.344 e. The third-order valence-electron chi connectivity index (χ3n) is 3.60. The summed E-state index contributed by atoms with van der Waals surface area (Å²) in [7, 11) is 0. The topological polar surface area (TPSA) is 64.6 Å². The molecular weight excluding hydrogens is 377 g/mol. The van der Waals surface area contributed by atoms with E-state index in [1.165, 1.54) is 0 Å². The van der Waals surface area contributed by atoms with Crippen molar-refractivity contribution < 1.29 is 19.1 Å². The van der Waals surface area contributed by atoms with Crippen LogP contribution in [0.3, 0.4) is 0 Å². The monoisotopic (exact) mass is 395 g/mol. The lowest BCUT2D eigenvalue weighted by Gasteiger charge is -2.14. The van der Waals surface area contributed by atoms with Crippen LogP contribution in [0.4, 0.5) is 0 Å². The summed E-state index contributed by atoms with van der Waals surface area (Å²) < 4.78 is 10.2. The van der Waals surface area contributed by atoms with Gasteiger partial charge >= 0.3 is 5.97 Å². The number of hydrogen-bond donors (Lipinski definition) is 1. The van der Waals surface area contributed by atoms with E-state index in [-0.39, 0.29) is 19.3 Å². The molecule has 0 heterocycles. The highest BCUT2D eigenvalue weighted by molar-refractivity contribution is 6.31. The summed E-state index contributed by atoms with van der Waals surface area (Å²) in [4.78, 5) is 23.6. The molecule has 26 heavy (non-hydrogen) atoms. The molecule has 0 aliphatic heterocycles. The number of carbonyl (C=O) groups excluding carboxylic acids is 2. The standard InChI is InChI=1S/C19H19Cl2NO4/c1-12-9-16(7-8-17(12)21)25-11-19(24)26-10-18(23)22-13(2)14-3-5-15(20)6-4-14/h3-9,13H,10-11H2,1-2H3,(H,22,23)/t13-/m0/s1. The third-order valence-corrected chi connectivity index (χ3v) is 4.27. The molecule has 2 aromatic carbocycles. The van der Waals surface area contributed by atoms with E-state index in [1.807, 2.05) is 26.0 Å². The maximum absolute atomic E-state index is 11.9. The SMILES string of the molecule is Cc1cc(OCC(=O)OCC(=O)N[C@@H](C)c2ccc(Cl)cc2)ccc1Cl. The Kier molecular flexibility index (Phi) is 7.30. The molecule has 0 saturated carbocycles. The number of rotatable bonds is 7. The molecule has 138 valence electrons. The van der Waals surface area contributed by atoms with Crippen LogP contribution < -0.4 is 10.1 Å². The van der Waals surface area contributed by atoms with E-state index in [0.717, 1.165) is 11.1 Å². The van der Waals surface area contributed by atoms with E-state index in [0.29, 0.717) is 15.8 Å². The molecule has 0 fully saturated rings. The number of amides is 1. The van der Waals surface area contributed by atoms with Gasteiger partial charge in [-0.3, -0.25) is 4.79 Å². The second kappa shape index (κ2) is 9.46. The maximum atomic E-state index is 11.9. The van der Waals surface area contributed by atoms with Crippen molar-refractivity contribution in [2.24, 2.45) is 0 Å². The molecule has 2 aromatic rings. The predicted molar refractivity (Wildman–Crippen MR) is 101 cm³/mol. The highest BCUT2D eigenvalue weighted by Crippen LogP contribution is 2.21. The van der Waals surface area contributed by atoms with E-state index < -0.39 is 11.9 Å². The summed E-state index contributed by atoms with van der Waals surface area (Å²) in [6.45, 7) is 3.00. The van der Waals surface area contributed by atoms with Gasteiger partial charge in [-0.05, 0) is 55.3 Å². The minimum Gasteiger partial charge on any atom is -0.482 e. The van der Waals surface area contributed by atoms with Gasteiger partial charge in [0.1, 0.15) is 5.75 Å². The molecule has 0 aliphatic rings. The molecular formula is C19H19Cl2NO4. The molecule has 5 nitrogen and oxygen atoms in total. The molecule has 1 amide bonds. The van der Waals surface area contributed by atoms with Gasteiger partial charge in [0.2, 0.25) is 0 Å². The summed E-state index contributed by atoms with van der Waals surface area (Å²) in [5.74, 6) is -0.528. The molecule has 0 aliphatic carbocycles. The lowest BCUT2D eigenvalue weighted by Crippen LogP contribution is -2.31. The van der Waals surface area contributed by atoms with Crippen LogP contribution >= 0.6 is 23.2 Å². The number of ether oxygens (including phenoxy) is 2. The highest BCUT2D eigenvalue weighted by Gasteiger charge is 2.12. The average molecular weight is 396 g/mol. The van der Waals surface area contributed by atoms with Crippen LogP contribution in [0, 0.1) is 6.92 Å². The van der Waals surface area contributed by atoms with Gasteiger partial charge in [0.05, 0.1) is 6.04 Å². The van der Waals surface area contributed by atoms with Crippen LogP contribution in [-0.2, 0) is 14.3 Å². The fourth-order valence-electron chi connectivity index (χ4n) is 2.15. The van der Waals surface area contributed by atoms with Gasteiger partial charge in [0.15, 0.2) is 13.2 Å². The summed E-state index contributed by atoms with van der Waals surface area (Å²) in [5, 5.41) is 3.98. The van der Waals surface area contributed by atoms with Gasteiger partial charge in [-0.15, -0.1) is 0 Å². The van der Waals surface area contributed by atoms with Crippen molar-refractivity contribution in [1.29, 1.82) is 0 Å². The number of nitrogens with one attached hydrogen (secondary N) is 1. The molecule has 0 aromatic heterocycles. The van der Waals surface area contributed by atoms with Crippen LogP contribution in [0.2, 0.25) is 10.0 Å². The fourth-order valence-corrected chi connectivity index (χ4v) is 2.40. The van der Waals surface area contributed by atoms with Crippen molar-refractivity contribution in [1.82, 2.24) is 5.32 Å². The van der Waals surface area contributed by atoms with Crippen molar-refractivity contribution in [3.8, 4) is 5.75 Å². The Hall–Kier alpha value is -2.24. The first-order valence-electron chi connectivity index (χ1n) is 7.94. The van der Waals surface area contributed by atoms with E-state index >= 15 is 0 Å². The average Bonchev–Trinajstić information content (AvgIpc) is 2.61. The molecule has 0 unspecified atom stereocenters. The quantitative estimate of drug-likeness (QED) is 0.716. The van der Waals surface area contributed by atoms with Crippen LogP contribution in [0.1, 0.15) is 24.1 Å². The zero-order chi connectivity index (χ0) is 19.1. The number of hydrogen-bond acceptors (Lipinski definition) is 4. The molecule has 7 heteroatoms. The summed E-state index contributed by atoms with van der Waals surface area (Å²) in [6.07, 6.45) is 0. The highest BCUT2D eigenvalue weighted by atomic mass is 35.5. The Morgan fingerprint density at radius 2 is 1.77 bits per heavy atom. The van der Waals surface area contributed by atoms with Crippen LogP contribution in [0.5, 0.6) is 5.75 Å². The Balaban J connectivity index is 1.73. The van der Waals surface area contributed by atoms with Crippen molar-refractivity contribution in [2.45, 2.75) is 19.9 Å². The molecule has 0 radical (unpaired) electrons. The maximum Gasteiger partial charge on any atom is 0.344 e. The molecule has 1 N–H and O–H groups in total. The molecule has 0 saturated heterocycles. The van der Waals surface area contributed by atoms with Gasteiger partial charge in [0, 0.05) is 10.0 Å². The molecule has 1 atom stereocenters. The molecule has 0 spiro atoms. The summed E-state index contributed by atoms with van der Waals surface area (Å²) in [5.41, 5.74) is 1.74. The van der Waals surface area contributed by atoms with Crippen molar-refractivity contribution in [3.05, 3.63) is 63.6 Å². The zero-order valence-corrected chi connectivity index (χ0v) is 15.9. The first-order valence-corrected chi connectivity index (χ1v) is 8.70. The largest absolute Gasteiger partial charge is 0.482 e. The van der Waals surface area contributed by atoms with Crippen LogP contribution in [0.15, 0.2) is 42.5 Å². The lowest BCUT2D eigenvalue weighted by atomic mass is 10.1. The van der Waals surface area contributed by atoms with Crippen LogP contribution in [-0.4, -0.2) is 25.1 Å². The summed E-state index contributed by atoms with van der Waals surface area (Å²) in [6, 6.07) is 12.0. The normalized spacial score (nSPS) is 11.5. The van der Waals surface area contributed by atoms with Gasteiger partial charge in [-0.1, -0.05) is 35.3 Å². The van der Waals surface area contributed by atoms with Crippen molar-refractivity contribution >= 4 is 35.1 Å². The van der Waals surface area contributed by atoms with Gasteiger partial charge in [0.25, 0.3) is 5.91 Å². The van der Waals surface area contributed by atoms with Crippen molar-refractivity contribution in [3.63, 3.8) is 0 Å². The molecule has 0 bridgehead atoms. The molecule has 2 rings (SSSR count). The zero-order valence-electron chi connectivity index (χ0n) is 14.4. The minimum absolute atomic E-state index is 0.230. The first kappa shape index (κ1) is 20.1. The minimum atomic E-state index is -0.633. The number of aryl methyl sites for hydroxylation is 1. The number of esters is 1. The number of halogens is 2. The van der Waals surface area contributed by atoms with E-state index in [9.17, 15) is 9.59 Å².